The first kappa shape index (κ1) is 25.1. The van der Waals surface area contributed by atoms with Gasteiger partial charge in [0.2, 0.25) is 5.88 Å². The summed E-state index contributed by atoms with van der Waals surface area (Å²) in [5, 5.41) is 13.6. The lowest BCUT2D eigenvalue weighted by Gasteiger charge is -2.40. The highest BCUT2D eigenvalue weighted by molar-refractivity contribution is 5.90. The van der Waals surface area contributed by atoms with Gasteiger partial charge in [-0.2, -0.15) is 9.78 Å². The molecule has 0 bridgehead atoms. The number of benzene rings is 2. The number of methoxy groups -OCH3 is 1. The summed E-state index contributed by atoms with van der Waals surface area (Å²) in [6, 6.07) is 18.7. The minimum Gasteiger partial charge on any atom is -0.488 e. The molecule has 0 radical (unpaired) electrons. The number of aromatic nitrogens is 3. The number of fused-ring (bicyclic) bond motifs is 1. The van der Waals surface area contributed by atoms with Crippen LogP contribution in [0.4, 0.5) is 0 Å². The van der Waals surface area contributed by atoms with Crippen molar-refractivity contribution in [1.82, 2.24) is 19.7 Å². The average molecular weight is 527 g/mol. The fourth-order valence-corrected chi connectivity index (χ4v) is 5.20. The molecule has 2 aromatic heterocycles. The van der Waals surface area contributed by atoms with Gasteiger partial charge in [0, 0.05) is 18.7 Å². The smallest absolute Gasteiger partial charge is 0.342 e. The van der Waals surface area contributed by atoms with Crippen LogP contribution in [0.5, 0.6) is 11.6 Å². The van der Waals surface area contributed by atoms with E-state index >= 15 is 0 Å². The van der Waals surface area contributed by atoms with Crippen LogP contribution in [-0.2, 0) is 24.3 Å². The van der Waals surface area contributed by atoms with Gasteiger partial charge in [-0.25, -0.2) is 9.78 Å². The van der Waals surface area contributed by atoms with Crippen molar-refractivity contribution in [2.45, 2.75) is 32.5 Å². The molecule has 0 amide bonds. The summed E-state index contributed by atoms with van der Waals surface area (Å²) < 4.78 is 18.5. The van der Waals surface area contributed by atoms with Crippen molar-refractivity contribution >= 4 is 5.97 Å². The van der Waals surface area contributed by atoms with E-state index in [9.17, 15) is 9.90 Å². The van der Waals surface area contributed by atoms with Crippen molar-refractivity contribution in [2.75, 3.05) is 26.9 Å². The van der Waals surface area contributed by atoms with E-state index in [0.29, 0.717) is 24.2 Å². The zero-order valence-electron chi connectivity index (χ0n) is 22.0. The van der Waals surface area contributed by atoms with Crippen LogP contribution in [0, 0.1) is 6.92 Å². The van der Waals surface area contributed by atoms with Crippen LogP contribution in [0.25, 0.3) is 17.1 Å². The fourth-order valence-electron chi connectivity index (χ4n) is 5.20. The van der Waals surface area contributed by atoms with Gasteiger partial charge in [0.15, 0.2) is 5.82 Å². The quantitative estimate of drug-likeness (QED) is 0.363. The molecule has 6 rings (SSSR count). The molecule has 39 heavy (non-hydrogen) atoms. The number of rotatable bonds is 8. The first-order chi connectivity index (χ1) is 19.0. The van der Waals surface area contributed by atoms with Gasteiger partial charge in [-0.3, -0.25) is 4.90 Å². The Balaban J connectivity index is 1.24. The molecule has 0 atom stereocenters. The summed E-state index contributed by atoms with van der Waals surface area (Å²) in [6.07, 6.45) is 2.29. The number of hydrogen-bond acceptors (Lipinski definition) is 7. The molecule has 2 aromatic carbocycles. The molecule has 4 aromatic rings. The molecule has 1 fully saturated rings. The summed E-state index contributed by atoms with van der Waals surface area (Å²) in [4.78, 5) is 18.8. The maximum Gasteiger partial charge on any atom is 0.342 e. The first-order valence-corrected chi connectivity index (χ1v) is 13.0. The number of nitrogens with zero attached hydrogens (tertiary/aromatic N) is 4. The number of ether oxygens (including phenoxy) is 3. The molecule has 2 aliphatic heterocycles. The molecule has 1 saturated heterocycles. The Kier molecular flexibility index (Phi) is 6.76. The third-order valence-electron chi connectivity index (χ3n) is 7.42. The van der Waals surface area contributed by atoms with Crippen LogP contribution in [0.3, 0.4) is 0 Å². The number of pyridine rings is 1. The number of carbonyl (C=O) groups is 1. The molecule has 1 N–H and O–H groups in total. The van der Waals surface area contributed by atoms with Gasteiger partial charge in [0.05, 0.1) is 38.3 Å². The van der Waals surface area contributed by atoms with E-state index < -0.39 is 5.97 Å². The number of aromatic carboxylic acids is 1. The average Bonchev–Trinajstić information content (AvgIpc) is 3.36. The van der Waals surface area contributed by atoms with Crippen LogP contribution in [0.15, 0.2) is 60.8 Å². The van der Waals surface area contributed by atoms with Crippen LogP contribution < -0.4 is 9.47 Å². The maximum atomic E-state index is 11.5. The molecule has 4 heterocycles. The summed E-state index contributed by atoms with van der Waals surface area (Å²) in [5.74, 6) is 0.205. The SMILES string of the molecule is COc1c(C(=O)O)cnn1-c1cccc(-c2cccc(C)c2OCc2ccc3c(c2)CCN(C2COC2)C3)n1. The summed E-state index contributed by atoms with van der Waals surface area (Å²) in [5.41, 5.74) is 6.41. The van der Waals surface area contributed by atoms with Crippen LogP contribution in [0.2, 0.25) is 0 Å². The molecule has 0 spiro atoms. The van der Waals surface area contributed by atoms with Crippen molar-refractivity contribution < 1.29 is 24.1 Å². The van der Waals surface area contributed by atoms with Gasteiger partial charge >= 0.3 is 5.97 Å². The predicted octanol–water partition coefficient (Wildman–Crippen LogP) is 4.29. The first-order valence-electron chi connectivity index (χ1n) is 13.0. The van der Waals surface area contributed by atoms with Crippen molar-refractivity contribution in [3.8, 4) is 28.7 Å². The van der Waals surface area contributed by atoms with Gasteiger partial charge in [0.1, 0.15) is 17.9 Å². The number of aryl methyl sites for hydroxylation is 1. The lowest BCUT2D eigenvalue weighted by Crippen LogP contribution is -2.50. The Bertz CT molecular complexity index is 1530. The summed E-state index contributed by atoms with van der Waals surface area (Å²) >= 11 is 0. The van der Waals surface area contributed by atoms with Crippen molar-refractivity contribution in [3.05, 3.63) is 88.6 Å². The minimum atomic E-state index is -1.11. The van der Waals surface area contributed by atoms with Gasteiger partial charge < -0.3 is 19.3 Å². The topological polar surface area (TPSA) is 98.9 Å². The molecular formula is C30H30N4O5. The predicted molar refractivity (Wildman–Crippen MR) is 145 cm³/mol. The zero-order chi connectivity index (χ0) is 26.9. The summed E-state index contributed by atoms with van der Waals surface area (Å²) in [6.45, 7) is 6.19. The Labute approximate surface area is 226 Å². The van der Waals surface area contributed by atoms with E-state index in [1.807, 2.05) is 37.3 Å². The number of carboxylic acid groups (broad SMARTS) is 1. The monoisotopic (exact) mass is 526 g/mol. The number of para-hydroxylation sites is 1. The molecular weight excluding hydrogens is 496 g/mol. The second-order valence-electron chi connectivity index (χ2n) is 9.92. The van der Waals surface area contributed by atoms with E-state index in [2.05, 4.69) is 28.2 Å². The normalized spacial score (nSPS) is 15.4. The zero-order valence-corrected chi connectivity index (χ0v) is 22.0. The van der Waals surface area contributed by atoms with Gasteiger partial charge in [0.25, 0.3) is 0 Å². The van der Waals surface area contributed by atoms with Crippen molar-refractivity contribution in [2.24, 2.45) is 0 Å². The number of carboxylic acids is 1. The van der Waals surface area contributed by atoms with E-state index in [1.165, 1.54) is 29.1 Å². The van der Waals surface area contributed by atoms with E-state index in [4.69, 9.17) is 19.2 Å². The van der Waals surface area contributed by atoms with E-state index in [-0.39, 0.29) is 11.4 Å². The Morgan fingerprint density at radius 1 is 1.13 bits per heavy atom. The second kappa shape index (κ2) is 10.5. The van der Waals surface area contributed by atoms with Gasteiger partial charge in [-0.1, -0.05) is 36.4 Å². The minimum absolute atomic E-state index is 0.0286. The highest BCUT2D eigenvalue weighted by Gasteiger charge is 2.28. The lowest BCUT2D eigenvalue weighted by molar-refractivity contribution is -0.0695. The fraction of sp³-hybridized carbons (Fsp3) is 0.300. The molecule has 0 unspecified atom stereocenters. The molecule has 9 heteroatoms. The van der Waals surface area contributed by atoms with Gasteiger partial charge in [-0.15, -0.1) is 0 Å². The van der Waals surface area contributed by atoms with Crippen LogP contribution in [-0.4, -0.2) is 63.7 Å². The van der Waals surface area contributed by atoms with Crippen LogP contribution in [0.1, 0.15) is 32.6 Å². The molecule has 200 valence electrons. The second-order valence-corrected chi connectivity index (χ2v) is 9.92. The third kappa shape index (κ3) is 4.86. The highest BCUT2D eigenvalue weighted by Crippen LogP contribution is 2.34. The van der Waals surface area contributed by atoms with Gasteiger partial charge in [-0.05, 0) is 53.8 Å². The highest BCUT2D eigenvalue weighted by atomic mass is 16.5. The molecule has 2 aliphatic rings. The van der Waals surface area contributed by atoms with Crippen molar-refractivity contribution in [3.63, 3.8) is 0 Å². The Hall–Kier alpha value is -4.21. The van der Waals surface area contributed by atoms with Crippen LogP contribution >= 0.6 is 0 Å². The molecule has 0 aliphatic carbocycles. The lowest BCUT2D eigenvalue weighted by atomic mass is 9.96. The summed E-state index contributed by atoms with van der Waals surface area (Å²) in [7, 11) is 1.41. The Morgan fingerprint density at radius 2 is 1.97 bits per heavy atom. The standard InChI is InChI=1S/C30H30N4O5/c1-19-5-3-6-24(26-7-4-8-27(32-26)34-29(37-2)25(14-31-34)30(35)36)28(19)39-16-20-9-10-22-15-33(23-17-38-18-23)12-11-21(22)13-20/h3-10,13-14,23H,11-12,15-18H2,1-2H3,(H,35,36). The maximum absolute atomic E-state index is 11.5. The third-order valence-corrected chi connectivity index (χ3v) is 7.42. The molecule has 9 nitrogen and oxygen atoms in total. The molecule has 0 saturated carbocycles. The van der Waals surface area contributed by atoms with E-state index in [1.54, 1.807) is 6.07 Å². The largest absolute Gasteiger partial charge is 0.488 e. The Morgan fingerprint density at radius 3 is 2.74 bits per heavy atom. The van der Waals surface area contributed by atoms with E-state index in [0.717, 1.165) is 55.2 Å². The number of hydrogen-bond donors (Lipinski definition) is 1. The van der Waals surface area contributed by atoms with Crippen molar-refractivity contribution in [1.29, 1.82) is 0 Å².